The molecule has 3 heteroatoms. The maximum absolute atomic E-state index is 5.78. The van der Waals surface area contributed by atoms with Crippen LogP contribution in [-0.2, 0) is 0 Å². The molecule has 0 bridgehead atoms. The monoisotopic (exact) mass is 255 g/mol. The van der Waals surface area contributed by atoms with E-state index in [0.29, 0.717) is 6.04 Å². The summed E-state index contributed by atoms with van der Waals surface area (Å²) in [5, 5.41) is 4.68. The number of aromatic nitrogens is 1. The maximum atomic E-state index is 5.78. The first-order valence-corrected chi connectivity index (χ1v) is 7.13. The van der Waals surface area contributed by atoms with Gasteiger partial charge in [-0.3, -0.25) is 0 Å². The Morgan fingerprint density at radius 2 is 2.11 bits per heavy atom. The van der Waals surface area contributed by atoms with Crippen LogP contribution in [0.15, 0.2) is 30.3 Å². The van der Waals surface area contributed by atoms with Crippen molar-refractivity contribution in [2.45, 2.75) is 38.6 Å². The Morgan fingerprint density at radius 3 is 2.95 bits per heavy atom. The van der Waals surface area contributed by atoms with Crippen LogP contribution in [0.3, 0.4) is 0 Å². The highest BCUT2D eigenvalue weighted by atomic mass is 15.0. The van der Waals surface area contributed by atoms with Gasteiger partial charge in [0.1, 0.15) is 5.82 Å². The number of benzene rings is 1. The summed E-state index contributed by atoms with van der Waals surface area (Å²) < 4.78 is 0. The van der Waals surface area contributed by atoms with Crippen molar-refractivity contribution in [2.75, 3.05) is 11.1 Å². The fraction of sp³-hybridized carbons (Fsp3) is 0.438. The lowest BCUT2D eigenvalue weighted by Crippen LogP contribution is -2.26. The highest BCUT2D eigenvalue weighted by Gasteiger charge is 2.18. The summed E-state index contributed by atoms with van der Waals surface area (Å²) in [6.45, 7) is 2.34. The predicted octanol–water partition coefficient (Wildman–Crippen LogP) is 3.81. The second-order valence-corrected chi connectivity index (χ2v) is 5.76. The van der Waals surface area contributed by atoms with Gasteiger partial charge in [-0.25, -0.2) is 4.98 Å². The molecule has 0 aliphatic heterocycles. The number of hydrogen-bond acceptors (Lipinski definition) is 3. The van der Waals surface area contributed by atoms with E-state index in [1.807, 2.05) is 18.2 Å². The van der Waals surface area contributed by atoms with Gasteiger partial charge in [-0.2, -0.15) is 0 Å². The fourth-order valence-electron chi connectivity index (χ4n) is 3.00. The zero-order valence-electron chi connectivity index (χ0n) is 11.4. The second kappa shape index (κ2) is 5.08. The normalized spacial score (nSPS) is 23.4. The summed E-state index contributed by atoms with van der Waals surface area (Å²) in [6, 6.07) is 10.6. The molecule has 1 aromatic carbocycles. The van der Waals surface area contributed by atoms with Crippen molar-refractivity contribution < 1.29 is 0 Å². The molecule has 1 aliphatic rings. The summed E-state index contributed by atoms with van der Waals surface area (Å²) in [5.74, 6) is 1.81. The summed E-state index contributed by atoms with van der Waals surface area (Å²) >= 11 is 0. The number of nitrogen functional groups attached to an aromatic ring is 1. The van der Waals surface area contributed by atoms with E-state index in [-0.39, 0.29) is 0 Å². The second-order valence-electron chi connectivity index (χ2n) is 5.76. The Morgan fingerprint density at radius 1 is 1.21 bits per heavy atom. The SMILES string of the molecule is CC1CCCC(Nc2ccc3cc(N)ccc3n2)C1. The van der Waals surface area contributed by atoms with Crippen LogP contribution in [-0.4, -0.2) is 11.0 Å². The van der Waals surface area contributed by atoms with Crippen LogP contribution in [0.4, 0.5) is 11.5 Å². The molecule has 1 aromatic heterocycles. The minimum Gasteiger partial charge on any atom is -0.399 e. The standard InChI is InChI=1S/C16H21N3/c1-11-3-2-4-14(9-11)18-16-8-5-12-10-13(17)6-7-15(12)19-16/h5-8,10-11,14H,2-4,9,17H2,1H3,(H,18,19). The Hall–Kier alpha value is -1.77. The van der Waals surface area contributed by atoms with Gasteiger partial charge in [0.15, 0.2) is 0 Å². The molecule has 1 heterocycles. The molecule has 2 aromatic rings. The summed E-state index contributed by atoms with van der Waals surface area (Å²) in [6.07, 6.45) is 5.19. The van der Waals surface area contributed by atoms with Crippen molar-refractivity contribution in [3.8, 4) is 0 Å². The lowest BCUT2D eigenvalue weighted by atomic mass is 9.87. The molecule has 3 rings (SSSR count). The van der Waals surface area contributed by atoms with Gasteiger partial charge in [0.25, 0.3) is 0 Å². The number of nitrogens with zero attached hydrogens (tertiary/aromatic N) is 1. The molecule has 3 N–H and O–H groups in total. The molecule has 1 aliphatic carbocycles. The van der Waals surface area contributed by atoms with E-state index in [0.717, 1.165) is 28.3 Å². The van der Waals surface area contributed by atoms with E-state index < -0.39 is 0 Å². The van der Waals surface area contributed by atoms with Crippen LogP contribution < -0.4 is 11.1 Å². The minimum absolute atomic E-state index is 0.572. The number of hydrogen-bond donors (Lipinski definition) is 2. The first kappa shape index (κ1) is 12.3. The molecule has 0 saturated heterocycles. The Balaban J connectivity index is 1.79. The average Bonchev–Trinajstić information content (AvgIpc) is 2.39. The third-order valence-corrected chi connectivity index (χ3v) is 4.00. The van der Waals surface area contributed by atoms with E-state index in [2.05, 4.69) is 29.4 Å². The number of fused-ring (bicyclic) bond motifs is 1. The van der Waals surface area contributed by atoms with Crippen LogP contribution in [0.2, 0.25) is 0 Å². The van der Waals surface area contributed by atoms with Gasteiger partial charge in [-0.1, -0.05) is 19.8 Å². The number of anilines is 2. The molecule has 0 amide bonds. The Bertz CT molecular complexity index is 579. The smallest absolute Gasteiger partial charge is 0.126 e. The van der Waals surface area contributed by atoms with Gasteiger partial charge in [-0.05, 0) is 49.1 Å². The third-order valence-electron chi connectivity index (χ3n) is 4.00. The fourth-order valence-corrected chi connectivity index (χ4v) is 3.00. The Kier molecular flexibility index (Phi) is 3.28. The molecular weight excluding hydrogens is 234 g/mol. The van der Waals surface area contributed by atoms with Gasteiger partial charge in [0, 0.05) is 17.1 Å². The number of pyridine rings is 1. The quantitative estimate of drug-likeness (QED) is 0.802. The lowest BCUT2D eigenvalue weighted by Gasteiger charge is -2.27. The Labute approximate surface area is 114 Å². The van der Waals surface area contributed by atoms with Gasteiger partial charge in [0.2, 0.25) is 0 Å². The molecule has 19 heavy (non-hydrogen) atoms. The molecule has 100 valence electrons. The van der Waals surface area contributed by atoms with Crippen LogP contribution in [0.25, 0.3) is 10.9 Å². The number of nitrogens with two attached hydrogens (primary N) is 1. The topological polar surface area (TPSA) is 50.9 Å². The zero-order valence-corrected chi connectivity index (χ0v) is 11.4. The van der Waals surface area contributed by atoms with E-state index in [1.54, 1.807) is 0 Å². The van der Waals surface area contributed by atoms with Gasteiger partial charge >= 0.3 is 0 Å². The van der Waals surface area contributed by atoms with Crippen LogP contribution >= 0.6 is 0 Å². The van der Waals surface area contributed by atoms with E-state index in [1.165, 1.54) is 25.7 Å². The van der Waals surface area contributed by atoms with Crippen molar-refractivity contribution in [1.82, 2.24) is 4.98 Å². The largest absolute Gasteiger partial charge is 0.399 e. The molecule has 0 radical (unpaired) electrons. The van der Waals surface area contributed by atoms with E-state index >= 15 is 0 Å². The van der Waals surface area contributed by atoms with E-state index in [4.69, 9.17) is 5.73 Å². The molecule has 2 unspecified atom stereocenters. The van der Waals surface area contributed by atoms with Gasteiger partial charge in [-0.15, -0.1) is 0 Å². The first-order chi connectivity index (χ1) is 9.20. The molecule has 3 nitrogen and oxygen atoms in total. The van der Waals surface area contributed by atoms with Crippen molar-refractivity contribution in [1.29, 1.82) is 0 Å². The lowest BCUT2D eigenvalue weighted by molar-refractivity contribution is 0.358. The zero-order chi connectivity index (χ0) is 13.2. The highest BCUT2D eigenvalue weighted by Crippen LogP contribution is 2.26. The van der Waals surface area contributed by atoms with Crippen molar-refractivity contribution in [3.63, 3.8) is 0 Å². The van der Waals surface area contributed by atoms with Crippen molar-refractivity contribution in [2.24, 2.45) is 5.92 Å². The van der Waals surface area contributed by atoms with Gasteiger partial charge < -0.3 is 11.1 Å². The summed E-state index contributed by atoms with van der Waals surface area (Å²) in [7, 11) is 0. The van der Waals surface area contributed by atoms with Crippen molar-refractivity contribution in [3.05, 3.63) is 30.3 Å². The number of nitrogens with one attached hydrogen (secondary N) is 1. The molecule has 2 atom stereocenters. The first-order valence-electron chi connectivity index (χ1n) is 7.13. The number of rotatable bonds is 2. The van der Waals surface area contributed by atoms with Crippen molar-refractivity contribution >= 4 is 22.4 Å². The minimum atomic E-state index is 0.572. The summed E-state index contributed by atoms with van der Waals surface area (Å²) in [4.78, 5) is 4.67. The van der Waals surface area contributed by atoms with E-state index in [9.17, 15) is 0 Å². The predicted molar refractivity (Wildman–Crippen MR) is 81.2 cm³/mol. The highest BCUT2D eigenvalue weighted by molar-refractivity contribution is 5.83. The average molecular weight is 255 g/mol. The van der Waals surface area contributed by atoms with Crippen LogP contribution in [0.1, 0.15) is 32.6 Å². The molecule has 1 fully saturated rings. The van der Waals surface area contributed by atoms with Crippen LogP contribution in [0.5, 0.6) is 0 Å². The third kappa shape index (κ3) is 2.80. The van der Waals surface area contributed by atoms with Crippen LogP contribution in [0, 0.1) is 5.92 Å². The molecular formula is C16H21N3. The maximum Gasteiger partial charge on any atom is 0.126 e. The molecule has 0 spiro atoms. The molecule has 1 saturated carbocycles. The summed E-state index contributed by atoms with van der Waals surface area (Å²) in [5.41, 5.74) is 7.57. The van der Waals surface area contributed by atoms with Gasteiger partial charge in [0.05, 0.1) is 5.52 Å².